The van der Waals surface area contributed by atoms with E-state index >= 15 is 0 Å². The van der Waals surface area contributed by atoms with Crippen molar-refractivity contribution in [1.29, 1.82) is 0 Å². The van der Waals surface area contributed by atoms with Gasteiger partial charge in [-0.05, 0) is 92.6 Å². The molecular weight excluding hydrogens is 494 g/mol. The monoisotopic (exact) mass is 525 g/mol. The smallest absolute Gasteiger partial charge is 0.250 e. The van der Waals surface area contributed by atoms with Crippen molar-refractivity contribution in [2.24, 2.45) is 0 Å². The van der Waals surface area contributed by atoms with E-state index in [0.717, 1.165) is 39.7 Å². The fraction of sp³-hybridized carbons (Fsp3) is 0.233. The number of amides is 1. The Morgan fingerprint density at radius 1 is 1.03 bits per heavy atom. The molecule has 5 rings (SSSR count). The van der Waals surface area contributed by atoms with Crippen LogP contribution in [0.4, 0.5) is 11.4 Å². The first-order chi connectivity index (χ1) is 18.4. The zero-order chi connectivity index (χ0) is 26.8. The predicted molar refractivity (Wildman–Crippen MR) is 155 cm³/mol. The molecule has 2 atom stereocenters. The topological polar surface area (TPSA) is 71.4 Å². The average molecular weight is 526 g/mol. The van der Waals surface area contributed by atoms with Gasteiger partial charge in [-0.1, -0.05) is 24.3 Å². The molecule has 8 heteroatoms. The number of carbonyl (C=O) groups is 1. The van der Waals surface area contributed by atoms with E-state index < -0.39 is 0 Å². The van der Waals surface area contributed by atoms with Gasteiger partial charge in [0, 0.05) is 41.8 Å². The maximum Gasteiger partial charge on any atom is 0.250 e. The highest BCUT2D eigenvalue weighted by molar-refractivity contribution is 7.80. The number of para-hydroxylation sites is 1. The molecule has 0 spiro atoms. The molecule has 194 valence electrons. The standard InChI is InChI=1S/C30H31N5O2S/c1-19-16-23(13-14-25(19)32-27(36)18-37-4)35-29(28(33-30(35)38)26-12-8-9-15-31-26)24-17-20(2)34(21(24)3)22-10-6-5-7-11-22/h5-17,28-29H,18H2,1-4H3,(H,32,36)(H,33,38)/t28-,29+/m1/s1. The minimum atomic E-state index is -0.192. The van der Waals surface area contributed by atoms with Crippen LogP contribution in [0.1, 0.15) is 40.3 Å². The van der Waals surface area contributed by atoms with Crippen LogP contribution in [0.5, 0.6) is 0 Å². The number of benzene rings is 2. The second-order valence-corrected chi connectivity index (χ2v) is 9.86. The van der Waals surface area contributed by atoms with E-state index in [4.69, 9.17) is 17.0 Å². The molecular formula is C30H31N5O2S. The highest BCUT2D eigenvalue weighted by Crippen LogP contribution is 2.44. The Morgan fingerprint density at radius 3 is 2.47 bits per heavy atom. The number of methoxy groups -OCH3 is 1. The third-order valence-corrected chi connectivity index (χ3v) is 7.25. The summed E-state index contributed by atoms with van der Waals surface area (Å²) in [4.78, 5) is 18.9. The van der Waals surface area contributed by atoms with Gasteiger partial charge in [-0.15, -0.1) is 0 Å². The number of pyridine rings is 1. The van der Waals surface area contributed by atoms with E-state index in [1.165, 1.54) is 12.7 Å². The summed E-state index contributed by atoms with van der Waals surface area (Å²) in [5.74, 6) is -0.192. The van der Waals surface area contributed by atoms with Crippen molar-refractivity contribution in [3.63, 3.8) is 0 Å². The zero-order valence-corrected chi connectivity index (χ0v) is 22.8. The third kappa shape index (κ3) is 4.80. The van der Waals surface area contributed by atoms with Gasteiger partial charge in [-0.25, -0.2) is 0 Å². The molecule has 0 unspecified atom stereocenters. The lowest BCUT2D eigenvalue weighted by Crippen LogP contribution is -2.29. The largest absolute Gasteiger partial charge is 0.375 e. The van der Waals surface area contributed by atoms with Crippen molar-refractivity contribution >= 4 is 34.6 Å². The highest BCUT2D eigenvalue weighted by Gasteiger charge is 2.42. The molecule has 38 heavy (non-hydrogen) atoms. The van der Waals surface area contributed by atoms with Gasteiger partial charge in [0.15, 0.2) is 5.11 Å². The summed E-state index contributed by atoms with van der Waals surface area (Å²) in [5, 5.41) is 7.09. The summed E-state index contributed by atoms with van der Waals surface area (Å²) in [6.45, 7) is 6.27. The number of carbonyl (C=O) groups excluding carboxylic acids is 1. The van der Waals surface area contributed by atoms with Gasteiger partial charge >= 0.3 is 0 Å². The average Bonchev–Trinajstić information content (AvgIpc) is 3.41. The molecule has 1 amide bonds. The van der Waals surface area contributed by atoms with Crippen LogP contribution in [0, 0.1) is 20.8 Å². The van der Waals surface area contributed by atoms with Gasteiger partial charge in [-0.2, -0.15) is 0 Å². The van der Waals surface area contributed by atoms with Crippen LogP contribution in [0.15, 0.2) is 79.0 Å². The Morgan fingerprint density at radius 2 is 1.79 bits per heavy atom. The summed E-state index contributed by atoms with van der Waals surface area (Å²) in [6.07, 6.45) is 1.81. The van der Waals surface area contributed by atoms with Gasteiger partial charge in [0.1, 0.15) is 6.61 Å². The molecule has 0 radical (unpaired) electrons. The lowest BCUT2D eigenvalue weighted by molar-refractivity contribution is -0.119. The first-order valence-corrected chi connectivity index (χ1v) is 12.9. The molecule has 2 aromatic carbocycles. The molecule has 1 aliphatic rings. The summed E-state index contributed by atoms with van der Waals surface area (Å²) in [7, 11) is 1.50. The molecule has 0 aliphatic carbocycles. The Labute approximate surface area is 228 Å². The van der Waals surface area contributed by atoms with Crippen LogP contribution < -0.4 is 15.5 Å². The summed E-state index contributed by atoms with van der Waals surface area (Å²) in [5.41, 5.74) is 8.13. The van der Waals surface area contributed by atoms with E-state index in [0.29, 0.717) is 5.11 Å². The number of rotatable bonds is 7. The zero-order valence-electron chi connectivity index (χ0n) is 21.9. The van der Waals surface area contributed by atoms with Crippen LogP contribution in [0.25, 0.3) is 5.69 Å². The van der Waals surface area contributed by atoms with Crippen molar-refractivity contribution in [2.45, 2.75) is 32.9 Å². The number of thiocarbonyl (C=S) groups is 1. The quantitative estimate of drug-likeness (QED) is 0.308. The lowest BCUT2D eigenvalue weighted by atomic mass is 9.96. The third-order valence-electron chi connectivity index (χ3n) is 6.94. The maximum atomic E-state index is 12.1. The molecule has 0 saturated carbocycles. The lowest BCUT2D eigenvalue weighted by Gasteiger charge is -2.29. The van der Waals surface area contributed by atoms with Crippen LogP contribution in [0.3, 0.4) is 0 Å². The Hall–Kier alpha value is -4.01. The van der Waals surface area contributed by atoms with Gasteiger partial charge in [0.05, 0.1) is 17.8 Å². The number of anilines is 2. The van der Waals surface area contributed by atoms with Crippen molar-refractivity contribution < 1.29 is 9.53 Å². The molecule has 2 aromatic heterocycles. The fourth-order valence-corrected chi connectivity index (χ4v) is 5.61. The van der Waals surface area contributed by atoms with E-state index in [1.807, 2.05) is 49.5 Å². The fourth-order valence-electron chi connectivity index (χ4n) is 5.27. The Bertz CT molecular complexity index is 1470. The number of ether oxygens (including phenoxy) is 1. The van der Waals surface area contributed by atoms with Crippen molar-refractivity contribution in [3.8, 4) is 5.69 Å². The number of hydrogen-bond donors (Lipinski definition) is 2. The number of aryl methyl sites for hydroxylation is 2. The number of hydrogen-bond acceptors (Lipinski definition) is 4. The van der Waals surface area contributed by atoms with E-state index in [2.05, 4.69) is 75.3 Å². The van der Waals surface area contributed by atoms with Gasteiger partial charge in [0.25, 0.3) is 0 Å². The SMILES string of the molecule is COCC(=O)Nc1ccc(N2C(=S)N[C@H](c3ccccn3)[C@@H]2c2cc(C)n(-c3ccccc3)c2C)cc1C. The molecule has 3 heterocycles. The van der Waals surface area contributed by atoms with E-state index in [-0.39, 0.29) is 24.6 Å². The molecule has 1 aliphatic heterocycles. The van der Waals surface area contributed by atoms with Crippen molar-refractivity contribution in [2.75, 3.05) is 23.9 Å². The summed E-state index contributed by atoms with van der Waals surface area (Å²) >= 11 is 5.93. The van der Waals surface area contributed by atoms with Crippen LogP contribution in [-0.2, 0) is 9.53 Å². The van der Waals surface area contributed by atoms with Gasteiger partial charge in [-0.3, -0.25) is 9.78 Å². The van der Waals surface area contributed by atoms with Crippen molar-refractivity contribution in [3.05, 3.63) is 107 Å². The summed E-state index contributed by atoms with van der Waals surface area (Å²) in [6, 6.07) is 24.3. The first kappa shape index (κ1) is 25.6. The second kappa shape index (κ2) is 10.8. The first-order valence-electron chi connectivity index (χ1n) is 12.5. The number of nitrogens with zero attached hydrogens (tertiary/aromatic N) is 3. The highest BCUT2D eigenvalue weighted by atomic mass is 32.1. The molecule has 7 nitrogen and oxygen atoms in total. The van der Waals surface area contributed by atoms with Gasteiger partial charge in [0.2, 0.25) is 5.91 Å². The molecule has 0 bridgehead atoms. The minimum absolute atomic E-state index is 0.00613. The van der Waals surface area contributed by atoms with E-state index in [1.54, 1.807) is 0 Å². The molecule has 1 fully saturated rings. The summed E-state index contributed by atoms with van der Waals surface area (Å²) < 4.78 is 7.23. The number of nitrogens with one attached hydrogen (secondary N) is 2. The Balaban J connectivity index is 1.60. The Kier molecular flexibility index (Phi) is 7.26. The number of aromatic nitrogens is 2. The minimum Gasteiger partial charge on any atom is -0.375 e. The predicted octanol–water partition coefficient (Wildman–Crippen LogP) is 5.56. The second-order valence-electron chi connectivity index (χ2n) is 9.47. The van der Waals surface area contributed by atoms with Gasteiger partial charge < -0.3 is 24.8 Å². The van der Waals surface area contributed by atoms with Crippen LogP contribution in [0.2, 0.25) is 0 Å². The normalized spacial score (nSPS) is 16.9. The van der Waals surface area contributed by atoms with Crippen LogP contribution >= 0.6 is 12.2 Å². The molecule has 4 aromatic rings. The van der Waals surface area contributed by atoms with Crippen LogP contribution in [-0.4, -0.2) is 34.3 Å². The van der Waals surface area contributed by atoms with Crippen molar-refractivity contribution in [1.82, 2.24) is 14.9 Å². The maximum absolute atomic E-state index is 12.1. The molecule has 2 N–H and O–H groups in total. The molecule has 1 saturated heterocycles. The van der Waals surface area contributed by atoms with E-state index in [9.17, 15) is 4.79 Å².